The van der Waals surface area contributed by atoms with Crippen LogP contribution in [0.3, 0.4) is 0 Å². The van der Waals surface area contributed by atoms with Crippen LogP contribution in [0.1, 0.15) is 30.0 Å². The fourth-order valence-corrected chi connectivity index (χ4v) is 3.75. The predicted molar refractivity (Wildman–Crippen MR) is 109 cm³/mol. The number of aromatic amines is 1. The average Bonchev–Trinajstić information content (AvgIpc) is 3.29. The van der Waals surface area contributed by atoms with Crippen LogP contribution in [0.4, 0.5) is 0 Å². The molecule has 0 saturated heterocycles. The maximum absolute atomic E-state index is 12.4. The number of imidazole rings is 1. The molecule has 0 aliphatic carbocycles. The van der Waals surface area contributed by atoms with Crippen molar-refractivity contribution in [3.05, 3.63) is 71.0 Å². The average molecular weight is 376 g/mol. The van der Waals surface area contributed by atoms with Gasteiger partial charge in [-0.1, -0.05) is 42.0 Å². The largest absolute Gasteiger partial charge is 0.346 e. The summed E-state index contributed by atoms with van der Waals surface area (Å²) >= 11 is 1.56. The first-order chi connectivity index (χ1) is 13.1. The van der Waals surface area contributed by atoms with Crippen molar-refractivity contribution >= 4 is 28.3 Å². The summed E-state index contributed by atoms with van der Waals surface area (Å²) < 4.78 is 0. The summed E-state index contributed by atoms with van der Waals surface area (Å²) in [4.78, 5) is 24.8. The molecule has 0 radical (unpaired) electrons. The number of hydrogen-bond acceptors (Lipinski definition) is 4. The van der Waals surface area contributed by atoms with E-state index in [1.165, 1.54) is 5.56 Å². The van der Waals surface area contributed by atoms with Crippen molar-refractivity contribution in [2.75, 3.05) is 0 Å². The molecule has 0 bridgehead atoms. The zero-order valence-electron chi connectivity index (χ0n) is 15.2. The first kappa shape index (κ1) is 17.4. The van der Waals surface area contributed by atoms with Gasteiger partial charge in [-0.25, -0.2) is 9.97 Å². The number of carbonyl (C=O) groups is 1. The van der Waals surface area contributed by atoms with E-state index in [0.717, 1.165) is 33.1 Å². The summed E-state index contributed by atoms with van der Waals surface area (Å²) in [5.41, 5.74) is 4.94. The summed E-state index contributed by atoms with van der Waals surface area (Å²) in [6.07, 6.45) is 0.257. The first-order valence-electron chi connectivity index (χ1n) is 8.84. The first-order valence-corrected chi connectivity index (χ1v) is 9.72. The fourth-order valence-electron chi connectivity index (χ4n) is 2.92. The minimum absolute atomic E-state index is 0.0660. The van der Waals surface area contributed by atoms with E-state index in [4.69, 9.17) is 0 Å². The predicted octanol–water partition coefficient (Wildman–Crippen LogP) is 4.41. The molecule has 0 fully saturated rings. The van der Waals surface area contributed by atoms with Crippen molar-refractivity contribution in [1.29, 1.82) is 0 Å². The van der Waals surface area contributed by atoms with Gasteiger partial charge in [0.1, 0.15) is 10.8 Å². The topological polar surface area (TPSA) is 70.7 Å². The molecule has 2 aromatic heterocycles. The van der Waals surface area contributed by atoms with E-state index in [1.54, 1.807) is 11.3 Å². The van der Waals surface area contributed by atoms with Crippen molar-refractivity contribution in [2.45, 2.75) is 26.3 Å². The Balaban J connectivity index is 1.41. The number of aromatic nitrogens is 3. The molecule has 4 rings (SSSR count). The molecule has 6 heteroatoms. The van der Waals surface area contributed by atoms with Crippen LogP contribution in [0.2, 0.25) is 0 Å². The van der Waals surface area contributed by atoms with Crippen LogP contribution in [0.25, 0.3) is 21.6 Å². The maximum atomic E-state index is 12.4. The smallest absolute Gasteiger partial charge is 0.226 e. The Labute approximate surface area is 161 Å². The van der Waals surface area contributed by atoms with Gasteiger partial charge >= 0.3 is 0 Å². The summed E-state index contributed by atoms with van der Waals surface area (Å²) in [6, 6.07) is 15.9. The molecule has 1 atom stereocenters. The maximum Gasteiger partial charge on any atom is 0.226 e. The quantitative estimate of drug-likeness (QED) is 0.542. The van der Waals surface area contributed by atoms with E-state index in [0.29, 0.717) is 0 Å². The number of thiazole rings is 1. The second-order valence-corrected chi connectivity index (χ2v) is 7.47. The molecule has 2 heterocycles. The highest BCUT2D eigenvalue weighted by atomic mass is 32.1. The molecule has 0 saturated carbocycles. The Morgan fingerprint density at radius 3 is 2.70 bits per heavy atom. The molecule has 136 valence electrons. The van der Waals surface area contributed by atoms with Gasteiger partial charge in [-0.15, -0.1) is 11.3 Å². The lowest BCUT2D eigenvalue weighted by Crippen LogP contribution is -2.28. The molecule has 0 spiro atoms. The van der Waals surface area contributed by atoms with Crippen LogP contribution >= 0.6 is 11.3 Å². The van der Waals surface area contributed by atoms with E-state index in [2.05, 4.69) is 51.5 Å². The summed E-state index contributed by atoms with van der Waals surface area (Å²) in [5.74, 6) is 0.687. The number of H-pyrrole nitrogens is 1. The van der Waals surface area contributed by atoms with Crippen molar-refractivity contribution in [2.24, 2.45) is 0 Å². The van der Waals surface area contributed by atoms with E-state index in [9.17, 15) is 4.79 Å². The van der Waals surface area contributed by atoms with Crippen molar-refractivity contribution < 1.29 is 4.79 Å². The number of benzene rings is 2. The fraction of sp³-hybridized carbons (Fsp3) is 0.190. The normalized spacial score (nSPS) is 12.2. The van der Waals surface area contributed by atoms with E-state index >= 15 is 0 Å². The number of aryl methyl sites for hydroxylation is 1. The molecule has 4 aromatic rings. The van der Waals surface area contributed by atoms with E-state index in [1.807, 2.05) is 36.6 Å². The molecule has 0 unspecified atom stereocenters. The number of rotatable bonds is 5. The highest BCUT2D eigenvalue weighted by molar-refractivity contribution is 7.13. The van der Waals surface area contributed by atoms with Crippen molar-refractivity contribution in [3.8, 4) is 10.6 Å². The van der Waals surface area contributed by atoms with Crippen molar-refractivity contribution in [1.82, 2.24) is 20.3 Å². The number of amides is 1. The van der Waals surface area contributed by atoms with Gasteiger partial charge in [0.15, 0.2) is 0 Å². The lowest BCUT2D eigenvalue weighted by Gasteiger charge is -2.10. The van der Waals surface area contributed by atoms with Crippen LogP contribution < -0.4 is 5.32 Å². The molecule has 0 aliphatic rings. The van der Waals surface area contributed by atoms with E-state index < -0.39 is 0 Å². The van der Waals surface area contributed by atoms with Crippen LogP contribution in [0, 0.1) is 6.92 Å². The number of para-hydroxylation sites is 2. The SMILES string of the molecule is Cc1ccc(-c2nc(CC(=O)N[C@H](C)c3nc4ccccc4[nH]3)cs2)cc1. The Morgan fingerprint density at radius 2 is 1.93 bits per heavy atom. The lowest BCUT2D eigenvalue weighted by molar-refractivity contribution is -0.121. The van der Waals surface area contributed by atoms with Gasteiger partial charge in [0.25, 0.3) is 0 Å². The molecule has 5 nitrogen and oxygen atoms in total. The number of carbonyl (C=O) groups excluding carboxylic acids is 1. The number of nitrogens with one attached hydrogen (secondary N) is 2. The van der Waals surface area contributed by atoms with Gasteiger partial charge < -0.3 is 10.3 Å². The van der Waals surface area contributed by atoms with Crippen molar-refractivity contribution in [3.63, 3.8) is 0 Å². The van der Waals surface area contributed by atoms with Crippen LogP contribution in [-0.2, 0) is 11.2 Å². The number of nitrogens with zero attached hydrogens (tertiary/aromatic N) is 2. The van der Waals surface area contributed by atoms with Crippen LogP contribution in [-0.4, -0.2) is 20.9 Å². The molecule has 0 aliphatic heterocycles. The molecule has 2 N–H and O–H groups in total. The highest BCUT2D eigenvalue weighted by Gasteiger charge is 2.15. The minimum atomic E-state index is -0.194. The Bertz CT molecular complexity index is 1050. The molecular formula is C21H20N4OS. The third-order valence-corrected chi connectivity index (χ3v) is 5.33. The monoisotopic (exact) mass is 376 g/mol. The standard InChI is InChI=1S/C21H20N4OS/c1-13-7-9-15(10-8-13)21-23-16(12-27-21)11-19(26)22-14(2)20-24-17-5-3-4-6-18(17)25-20/h3-10,12,14H,11H2,1-2H3,(H,22,26)(H,24,25)/t14-/m1/s1. The van der Waals surface area contributed by atoms with Gasteiger partial charge in [0.05, 0.1) is 29.2 Å². The van der Waals surface area contributed by atoms with Gasteiger partial charge in [-0.2, -0.15) is 0 Å². The van der Waals surface area contributed by atoms with Crippen LogP contribution in [0.5, 0.6) is 0 Å². The molecule has 27 heavy (non-hydrogen) atoms. The van der Waals surface area contributed by atoms with Gasteiger partial charge in [-0.3, -0.25) is 4.79 Å². The number of hydrogen-bond donors (Lipinski definition) is 2. The van der Waals surface area contributed by atoms with Gasteiger partial charge in [0, 0.05) is 10.9 Å². The Morgan fingerprint density at radius 1 is 1.15 bits per heavy atom. The Kier molecular flexibility index (Phi) is 4.73. The third kappa shape index (κ3) is 3.90. The minimum Gasteiger partial charge on any atom is -0.346 e. The third-order valence-electron chi connectivity index (χ3n) is 4.39. The molecular weight excluding hydrogens is 356 g/mol. The summed E-state index contributed by atoms with van der Waals surface area (Å²) in [6.45, 7) is 3.99. The second-order valence-electron chi connectivity index (χ2n) is 6.62. The zero-order valence-corrected chi connectivity index (χ0v) is 16.0. The Hall–Kier alpha value is -2.99. The molecule has 2 aromatic carbocycles. The zero-order chi connectivity index (χ0) is 18.8. The summed E-state index contributed by atoms with van der Waals surface area (Å²) in [5, 5.41) is 5.87. The summed E-state index contributed by atoms with van der Waals surface area (Å²) in [7, 11) is 0. The van der Waals surface area contributed by atoms with Gasteiger partial charge in [0.2, 0.25) is 5.91 Å². The van der Waals surface area contributed by atoms with E-state index in [-0.39, 0.29) is 18.4 Å². The second kappa shape index (κ2) is 7.32. The highest BCUT2D eigenvalue weighted by Crippen LogP contribution is 2.24. The lowest BCUT2D eigenvalue weighted by atomic mass is 10.2. The molecule has 1 amide bonds. The number of fused-ring (bicyclic) bond motifs is 1. The van der Waals surface area contributed by atoms with Crippen LogP contribution in [0.15, 0.2) is 53.9 Å². The van der Waals surface area contributed by atoms with Gasteiger partial charge in [-0.05, 0) is 26.0 Å².